The molecule has 3 aromatic rings. The van der Waals surface area contributed by atoms with E-state index in [0.717, 1.165) is 23.0 Å². The summed E-state index contributed by atoms with van der Waals surface area (Å²) in [6.07, 6.45) is 0.770. The second kappa shape index (κ2) is 11.1. The zero-order valence-corrected chi connectivity index (χ0v) is 21.1. The summed E-state index contributed by atoms with van der Waals surface area (Å²) < 4.78 is 35.1. The van der Waals surface area contributed by atoms with Crippen LogP contribution in [0.15, 0.2) is 53.4 Å². The topological polar surface area (TPSA) is 102 Å². The Labute approximate surface area is 201 Å². The molecule has 0 unspecified atom stereocenters. The Kier molecular flexibility index (Phi) is 8.46. The van der Waals surface area contributed by atoms with Crippen LogP contribution in [0.5, 0.6) is 0 Å². The lowest BCUT2D eigenvalue weighted by atomic mass is 9.87. The number of benzene rings is 2. The number of fused-ring (bicyclic) bond motifs is 1. The van der Waals surface area contributed by atoms with Gasteiger partial charge in [0.25, 0.3) is 0 Å². The van der Waals surface area contributed by atoms with Crippen LogP contribution in [0.25, 0.3) is 11.0 Å². The quantitative estimate of drug-likeness (QED) is 0.398. The molecule has 3 rings (SSSR count). The van der Waals surface area contributed by atoms with Crippen molar-refractivity contribution in [2.75, 3.05) is 25.1 Å². The minimum atomic E-state index is -3.70. The number of carbonyl (C=O) groups is 1. The third kappa shape index (κ3) is 6.65. The maximum Gasteiger partial charge on any atom is 0.240 e. The number of imidazole rings is 1. The Morgan fingerprint density at radius 1 is 1.09 bits per heavy atom. The van der Waals surface area contributed by atoms with Gasteiger partial charge >= 0.3 is 0 Å². The van der Waals surface area contributed by atoms with Crippen molar-refractivity contribution in [3.63, 3.8) is 0 Å². The number of anilines is 1. The Balaban J connectivity index is 1.60. The molecule has 0 aliphatic rings. The van der Waals surface area contributed by atoms with Crippen molar-refractivity contribution >= 4 is 32.9 Å². The largest absolute Gasteiger partial charge is 0.382 e. The number of nitrogens with one attached hydrogen (secondary N) is 2. The van der Waals surface area contributed by atoms with E-state index in [1.807, 2.05) is 47.9 Å². The summed E-state index contributed by atoms with van der Waals surface area (Å²) >= 11 is 0. The van der Waals surface area contributed by atoms with Gasteiger partial charge in [-0.1, -0.05) is 45.0 Å². The highest BCUT2D eigenvalue weighted by Gasteiger charge is 2.18. The van der Waals surface area contributed by atoms with Crippen LogP contribution < -0.4 is 10.0 Å². The highest BCUT2D eigenvalue weighted by Crippen LogP contribution is 2.23. The lowest BCUT2D eigenvalue weighted by molar-refractivity contribution is -0.116. The number of rotatable bonds is 11. The maximum atomic E-state index is 12.6. The SMILES string of the molecule is CCOCCCn1c(NC(=O)CCNS(=O)(=O)c2ccc(C(C)(C)C)cc2)nc2ccccc21. The van der Waals surface area contributed by atoms with E-state index in [1.165, 1.54) is 0 Å². The van der Waals surface area contributed by atoms with E-state index in [1.54, 1.807) is 12.1 Å². The molecule has 1 amide bonds. The maximum absolute atomic E-state index is 12.6. The number of ether oxygens (including phenoxy) is 1. The van der Waals surface area contributed by atoms with Crippen molar-refractivity contribution in [1.29, 1.82) is 0 Å². The van der Waals surface area contributed by atoms with Gasteiger partial charge in [-0.3, -0.25) is 10.1 Å². The molecule has 1 heterocycles. The summed E-state index contributed by atoms with van der Waals surface area (Å²) in [6, 6.07) is 14.5. The van der Waals surface area contributed by atoms with Gasteiger partial charge in [0.2, 0.25) is 21.9 Å². The number of carbonyl (C=O) groups excluding carboxylic acids is 1. The third-order valence-corrected chi connectivity index (χ3v) is 6.93. The summed E-state index contributed by atoms with van der Waals surface area (Å²) in [5.41, 5.74) is 2.70. The van der Waals surface area contributed by atoms with Gasteiger partial charge in [0.15, 0.2) is 0 Å². The van der Waals surface area contributed by atoms with Crippen molar-refractivity contribution in [3.05, 3.63) is 54.1 Å². The van der Waals surface area contributed by atoms with E-state index in [2.05, 4.69) is 35.8 Å². The van der Waals surface area contributed by atoms with Crippen LogP contribution in [0.2, 0.25) is 0 Å². The van der Waals surface area contributed by atoms with Gasteiger partial charge in [-0.2, -0.15) is 0 Å². The number of hydrogen-bond acceptors (Lipinski definition) is 5. The minimum absolute atomic E-state index is 0.0124. The Bertz CT molecular complexity index is 1210. The Hall–Kier alpha value is -2.75. The van der Waals surface area contributed by atoms with Crippen molar-refractivity contribution in [2.45, 2.75) is 57.4 Å². The van der Waals surface area contributed by atoms with Crippen molar-refractivity contribution in [2.24, 2.45) is 0 Å². The molecular weight excluding hydrogens is 452 g/mol. The molecule has 9 heteroatoms. The second-order valence-electron chi connectivity index (χ2n) is 9.10. The number of aromatic nitrogens is 2. The standard InChI is InChI=1S/C25H34N4O4S/c1-5-33-18-8-17-29-22-10-7-6-9-21(22)27-24(29)28-23(30)15-16-26-34(31,32)20-13-11-19(12-14-20)25(2,3)4/h6-7,9-14,26H,5,8,15-18H2,1-4H3,(H,27,28,30). The van der Waals surface area contributed by atoms with E-state index in [9.17, 15) is 13.2 Å². The summed E-state index contributed by atoms with van der Waals surface area (Å²) in [7, 11) is -3.70. The van der Waals surface area contributed by atoms with Crippen LogP contribution in [-0.2, 0) is 31.5 Å². The van der Waals surface area contributed by atoms with E-state index in [0.29, 0.717) is 25.7 Å². The molecule has 0 aliphatic heterocycles. The molecule has 0 aliphatic carbocycles. The number of nitrogens with zero attached hydrogens (tertiary/aromatic N) is 2. The first-order valence-electron chi connectivity index (χ1n) is 11.5. The predicted molar refractivity (Wildman–Crippen MR) is 134 cm³/mol. The number of hydrogen-bond donors (Lipinski definition) is 2. The number of amides is 1. The fraction of sp³-hybridized carbons (Fsp3) is 0.440. The first-order chi connectivity index (χ1) is 16.1. The molecule has 0 saturated heterocycles. The molecule has 8 nitrogen and oxygen atoms in total. The fourth-order valence-electron chi connectivity index (χ4n) is 3.57. The van der Waals surface area contributed by atoms with E-state index in [4.69, 9.17) is 4.74 Å². The second-order valence-corrected chi connectivity index (χ2v) is 10.9. The summed E-state index contributed by atoms with van der Waals surface area (Å²) in [6.45, 7) is 10.1. The average molecular weight is 487 g/mol. The van der Waals surface area contributed by atoms with Crippen LogP contribution in [0, 0.1) is 0 Å². The molecule has 0 fully saturated rings. The number of aryl methyl sites for hydroxylation is 1. The molecule has 2 aromatic carbocycles. The summed E-state index contributed by atoms with van der Waals surface area (Å²) in [5.74, 6) is 0.135. The van der Waals surface area contributed by atoms with Crippen molar-refractivity contribution in [1.82, 2.24) is 14.3 Å². The molecule has 0 saturated carbocycles. The lowest BCUT2D eigenvalue weighted by Gasteiger charge is -2.19. The third-order valence-electron chi connectivity index (χ3n) is 5.46. The number of para-hydroxylation sites is 2. The van der Waals surface area contributed by atoms with Crippen LogP contribution in [0.1, 0.15) is 46.1 Å². The molecule has 0 radical (unpaired) electrons. The van der Waals surface area contributed by atoms with Crippen LogP contribution in [-0.4, -0.2) is 43.6 Å². The van der Waals surface area contributed by atoms with Gasteiger partial charge in [-0.25, -0.2) is 18.1 Å². The lowest BCUT2D eigenvalue weighted by Crippen LogP contribution is -2.28. The molecule has 0 spiro atoms. The normalized spacial score (nSPS) is 12.2. The van der Waals surface area contributed by atoms with Crippen LogP contribution >= 0.6 is 0 Å². The molecule has 184 valence electrons. The molecule has 0 bridgehead atoms. The van der Waals surface area contributed by atoms with E-state index < -0.39 is 10.0 Å². The van der Waals surface area contributed by atoms with Gasteiger partial charge in [0.05, 0.1) is 15.9 Å². The highest BCUT2D eigenvalue weighted by atomic mass is 32.2. The van der Waals surface area contributed by atoms with Gasteiger partial charge in [0, 0.05) is 32.7 Å². The van der Waals surface area contributed by atoms with Gasteiger partial charge in [0.1, 0.15) is 0 Å². The van der Waals surface area contributed by atoms with Gasteiger partial charge in [-0.05, 0) is 48.6 Å². The predicted octanol–water partition coefficient (Wildman–Crippen LogP) is 4.07. The Morgan fingerprint density at radius 3 is 2.47 bits per heavy atom. The first kappa shape index (κ1) is 25.9. The number of sulfonamides is 1. The van der Waals surface area contributed by atoms with Gasteiger partial charge in [-0.15, -0.1) is 0 Å². The van der Waals surface area contributed by atoms with Crippen LogP contribution in [0.4, 0.5) is 5.95 Å². The zero-order chi connectivity index (χ0) is 24.8. The molecule has 1 aromatic heterocycles. The molecule has 34 heavy (non-hydrogen) atoms. The van der Waals surface area contributed by atoms with Crippen molar-refractivity contribution < 1.29 is 17.9 Å². The minimum Gasteiger partial charge on any atom is -0.382 e. The van der Waals surface area contributed by atoms with E-state index >= 15 is 0 Å². The average Bonchev–Trinajstić information content (AvgIpc) is 3.13. The molecular formula is C25H34N4O4S. The van der Waals surface area contributed by atoms with Crippen molar-refractivity contribution in [3.8, 4) is 0 Å². The molecule has 0 atom stereocenters. The Morgan fingerprint density at radius 2 is 1.79 bits per heavy atom. The zero-order valence-electron chi connectivity index (χ0n) is 20.3. The highest BCUT2D eigenvalue weighted by molar-refractivity contribution is 7.89. The smallest absolute Gasteiger partial charge is 0.240 e. The first-order valence-corrected chi connectivity index (χ1v) is 13.0. The fourth-order valence-corrected chi connectivity index (χ4v) is 4.60. The van der Waals surface area contributed by atoms with Crippen LogP contribution in [0.3, 0.4) is 0 Å². The monoisotopic (exact) mass is 486 g/mol. The summed E-state index contributed by atoms with van der Waals surface area (Å²) in [5, 5.41) is 2.83. The molecule has 2 N–H and O–H groups in total. The van der Waals surface area contributed by atoms with Gasteiger partial charge < -0.3 is 9.30 Å². The summed E-state index contributed by atoms with van der Waals surface area (Å²) in [4.78, 5) is 17.3. The van der Waals surface area contributed by atoms with E-state index in [-0.39, 0.29) is 29.2 Å².